The Hall–Kier alpha value is -2.22. The van der Waals surface area contributed by atoms with Gasteiger partial charge < -0.3 is 15.5 Å². The molecule has 0 aliphatic carbocycles. The molecule has 0 saturated heterocycles. The number of nitrogens with zero attached hydrogens (tertiary/aromatic N) is 4. The van der Waals surface area contributed by atoms with E-state index in [0.717, 1.165) is 0 Å². The van der Waals surface area contributed by atoms with Crippen molar-refractivity contribution in [3.05, 3.63) is 23.7 Å². The Labute approximate surface area is 95.9 Å². The average molecular weight is 237 g/mol. The van der Waals surface area contributed by atoms with Crippen LogP contribution in [0.4, 0.5) is 4.79 Å². The third kappa shape index (κ3) is 2.31. The van der Waals surface area contributed by atoms with Crippen LogP contribution in [0.5, 0.6) is 0 Å². The molecule has 0 radical (unpaired) electrons. The number of aromatic nitrogens is 4. The zero-order valence-corrected chi connectivity index (χ0v) is 9.03. The molecule has 8 nitrogen and oxygen atoms in total. The summed E-state index contributed by atoms with van der Waals surface area (Å²) >= 11 is 0. The minimum atomic E-state index is -1.14. The Balaban J connectivity index is 2.36. The van der Waals surface area contributed by atoms with Gasteiger partial charge >= 0.3 is 6.09 Å². The fraction of sp³-hybridized carbons (Fsp3) is 0.333. The van der Waals surface area contributed by atoms with Gasteiger partial charge in [-0.15, -0.1) is 10.2 Å². The molecule has 0 aliphatic heterocycles. The number of fused-ring (bicyclic) bond motifs is 1. The maximum absolute atomic E-state index is 10.4. The van der Waals surface area contributed by atoms with Gasteiger partial charge in [-0.05, 0) is 19.1 Å². The van der Waals surface area contributed by atoms with Crippen LogP contribution >= 0.6 is 0 Å². The largest absolute Gasteiger partial charge is 0.465 e. The van der Waals surface area contributed by atoms with Crippen molar-refractivity contribution >= 4 is 11.7 Å². The van der Waals surface area contributed by atoms with Crippen LogP contribution in [0, 0.1) is 0 Å². The molecule has 0 aliphatic rings. The molecule has 1 unspecified atom stereocenters. The lowest BCUT2D eigenvalue weighted by molar-refractivity contribution is 0.191. The smallest absolute Gasteiger partial charge is 0.405 e. The third-order valence-corrected chi connectivity index (χ3v) is 2.17. The van der Waals surface area contributed by atoms with Gasteiger partial charge in [0.05, 0.1) is 18.3 Å². The second-order valence-electron chi connectivity index (χ2n) is 3.48. The van der Waals surface area contributed by atoms with Crippen LogP contribution in [0.25, 0.3) is 5.65 Å². The van der Waals surface area contributed by atoms with Crippen molar-refractivity contribution < 1.29 is 15.0 Å². The Kier molecular flexibility index (Phi) is 2.88. The number of hydrogen-bond donors (Lipinski definition) is 3. The summed E-state index contributed by atoms with van der Waals surface area (Å²) < 4.78 is 1.40. The van der Waals surface area contributed by atoms with E-state index in [1.54, 1.807) is 19.1 Å². The highest BCUT2D eigenvalue weighted by atomic mass is 16.4. The van der Waals surface area contributed by atoms with Crippen molar-refractivity contribution in [3.63, 3.8) is 0 Å². The van der Waals surface area contributed by atoms with Gasteiger partial charge in [0.25, 0.3) is 0 Å². The van der Waals surface area contributed by atoms with Crippen molar-refractivity contribution in [1.82, 2.24) is 25.1 Å². The molecule has 2 aromatic heterocycles. The normalized spacial score (nSPS) is 12.6. The molecular formula is C9H11N5O3. The number of carboxylic acid groups (broad SMARTS) is 1. The summed E-state index contributed by atoms with van der Waals surface area (Å²) in [6, 6.07) is 3.30. The van der Waals surface area contributed by atoms with Crippen LogP contribution in [0.3, 0.4) is 0 Å². The van der Waals surface area contributed by atoms with Crippen molar-refractivity contribution in [2.45, 2.75) is 19.6 Å². The summed E-state index contributed by atoms with van der Waals surface area (Å²) in [7, 11) is 0. The highest BCUT2D eigenvalue weighted by molar-refractivity contribution is 5.64. The molecule has 0 fully saturated rings. The molecular weight excluding hydrogens is 226 g/mol. The van der Waals surface area contributed by atoms with E-state index in [2.05, 4.69) is 20.6 Å². The molecule has 2 heterocycles. The van der Waals surface area contributed by atoms with Crippen molar-refractivity contribution in [3.8, 4) is 0 Å². The number of aliphatic hydroxyl groups excluding tert-OH is 1. The van der Waals surface area contributed by atoms with Crippen molar-refractivity contribution in [1.29, 1.82) is 0 Å². The Morgan fingerprint density at radius 2 is 2.29 bits per heavy atom. The summed E-state index contributed by atoms with van der Waals surface area (Å²) in [6.45, 7) is 1.60. The highest BCUT2D eigenvalue weighted by Crippen LogP contribution is 2.10. The Bertz CT molecular complexity index is 551. The second-order valence-corrected chi connectivity index (χ2v) is 3.48. The molecule has 90 valence electrons. The van der Waals surface area contributed by atoms with E-state index in [1.807, 2.05) is 0 Å². The predicted molar refractivity (Wildman–Crippen MR) is 56.3 cm³/mol. The van der Waals surface area contributed by atoms with Gasteiger partial charge in [-0.3, -0.25) is 0 Å². The van der Waals surface area contributed by atoms with E-state index in [9.17, 15) is 9.90 Å². The van der Waals surface area contributed by atoms with E-state index in [1.165, 1.54) is 4.52 Å². The molecule has 1 atom stereocenters. The lowest BCUT2D eigenvalue weighted by Crippen LogP contribution is -2.22. The van der Waals surface area contributed by atoms with Gasteiger partial charge in [-0.1, -0.05) is 0 Å². The highest BCUT2D eigenvalue weighted by Gasteiger charge is 2.10. The summed E-state index contributed by atoms with van der Waals surface area (Å²) in [5.74, 6) is 0.366. The maximum Gasteiger partial charge on any atom is 0.405 e. The molecule has 2 rings (SSSR count). The first kappa shape index (κ1) is 11.3. The summed E-state index contributed by atoms with van der Waals surface area (Å²) in [5, 5.41) is 31.8. The lowest BCUT2D eigenvalue weighted by Gasteiger charge is -2.04. The van der Waals surface area contributed by atoms with Crippen LogP contribution in [-0.2, 0) is 6.54 Å². The molecule has 2 aromatic rings. The first-order chi connectivity index (χ1) is 8.08. The van der Waals surface area contributed by atoms with E-state index < -0.39 is 12.2 Å². The van der Waals surface area contributed by atoms with Crippen LogP contribution in [0.2, 0.25) is 0 Å². The minimum absolute atomic E-state index is 0.00671. The maximum atomic E-state index is 10.4. The van der Waals surface area contributed by atoms with Gasteiger partial charge in [-0.25, -0.2) is 4.79 Å². The van der Waals surface area contributed by atoms with Crippen LogP contribution < -0.4 is 5.32 Å². The zero-order chi connectivity index (χ0) is 12.4. The first-order valence-corrected chi connectivity index (χ1v) is 4.94. The van der Waals surface area contributed by atoms with Crippen LogP contribution in [0.1, 0.15) is 24.5 Å². The molecule has 0 bridgehead atoms. The average Bonchev–Trinajstić information content (AvgIpc) is 2.68. The molecule has 0 saturated carbocycles. The second kappa shape index (κ2) is 4.34. The number of nitrogens with one attached hydrogen (secondary N) is 1. The van der Waals surface area contributed by atoms with Gasteiger partial charge in [0.2, 0.25) is 0 Å². The van der Waals surface area contributed by atoms with Crippen molar-refractivity contribution in [2.24, 2.45) is 0 Å². The molecule has 0 spiro atoms. The standard InChI is InChI=1S/C9H11N5O3/c1-5(15)6-2-3-7-11-12-8(14(7)13-6)4-10-9(16)17/h2-3,5,10,15H,4H2,1H3,(H,16,17). The van der Waals surface area contributed by atoms with E-state index >= 15 is 0 Å². The van der Waals surface area contributed by atoms with Gasteiger partial charge in [0, 0.05) is 0 Å². The minimum Gasteiger partial charge on any atom is -0.465 e. The fourth-order valence-electron chi connectivity index (χ4n) is 1.34. The molecule has 0 aromatic carbocycles. The topological polar surface area (TPSA) is 113 Å². The SMILES string of the molecule is CC(O)c1ccc2nnc(CNC(=O)O)n2n1. The Morgan fingerprint density at radius 1 is 1.53 bits per heavy atom. The number of amides is 1. The quantitative estimate of drug-likeness (QED) is 0.689. The van der Waals surface area contributed by atoms with Gasteiger partial charge in [-0.2, -0.15) is 9.61 Å². The number of hydrogen-bond acceptors (Lipinski definition) is 5. The van der Waals surface area contributed by atoms with E-state index in [-0.39, 0.29) is 6.54 Å². The monoisotopic (exact) mass is 237 g/mol. The lowest BCUT2D eigenvalue weighted by atomic mass is 10.3. The molecule has 8 heteroatoms. The molecule has 17 heavy (non-hydrogen) atoms. The fourth-order valence-corrected chi connectivity index (χ4v) is 1.34. The van der Waals surface area contributed by atoms with Crippen LogP contribution in [0.15, 0.2) is 12.1 Å². The molecule has 3 N–H and O–H groups in total. The molecule has 1 amide bonds. The zero-order valence-electron chi connectivity index (χ0n) is 9.03. The van der Waals surface area contributed by atoms with Crippen molar-refractivity contribution in [2.75, 3.05) is 0 Å². The number of rotatable bonds is 3. The van der Waals surface area contributed by atoms with E-state index in [4.69, 9.17) is 5.11 Å². The summed E-state index contributed by atoms with van der Waals surface area (Å²) in [6.07, 6.45) is -1.85. The van der Waals surface area contributed by atoms with E-state index in [0.29, 0.717) is 17.2 Å². The van der Waals surface area contributed by atoms with Gasteiger partial charge in [0.1, 0.15) is 0 Å². The Morgan fingerprint density at radius 3 is 2.94 bits per heavy atom. The first-order valence-electron chi connectivity index (χ1n) is 4.94. The van der Waals surface area contributed by atoms with Crippen LogP contribution in [-0.4, -0.2) is 36.1 Å². The number of carbonyl (C=O) groups is 1. The number of aliphatic hydroxyl groups is 1. The third-order valence-electron chi connectivity index (χ3n) is 2.17. The predicted octanol–water partition coefficient (Wildman–Crippen LogP) is -0.0548. The summed E-state index contributed by atoms with van der Waals surface area (Å²) in [4.78, 5) is 10.4. The van der Waals surface area contributed by atoms with Gasteiger partial charge in [0.15, 0.2) is 11.5 Å². The summed E-state index contributed by atoms with van der Waals surface area (Å²) in [5.41, 5.74) is 0.963.